The van der Waals surface area contributed by atoms with Gasteiger partial charge in [0, 0.05) is 32.2 Å². The Hall–Kier alpha value is -1.30. The zero-order valence-corrected chi connectivity index (χ0v) is 12.2. The van der Waals surface area contributed by atoms with Crippen molar-refractivity contribution in [3.63, 3.8) is 0 Å². The Morgan fingerprint density at radius 1 is 1.20 bits per heavy atom. The number of nitrogens with zero attached hydrogens (tertiary/aromatic N) is 2. The molecule has 0 aromatic rings. The number of carboxylic acid groups (broad SMARTS) is 1. The third-order valence-electron chi connectivity index (χ3n) is 4.45. The maximum Gasteiger partial charge on any atom is 0.326 e. The molecule has 114 valence electrons. The van der Waals surface area contributed by atoms with Gasteiger partial charge in [0.1, 0.15) is 6.04 Å². The van der Waals surface area contributed by atoms with Crippen LogP contribution in [0.5, 0.6) is 0 Å². The van der Waals surface area contributed by atoms with Crippen LogP contribution in [0.4, 0.5) is 4.79 Å². The quantitative estimate of drug-likeness (QED) is 0.811. The smallest absolute Gasteiger partial charge is 0.326 e. The highest BCUT2D eigenvalue weighted by Gasteiger charge is 2.29. The fraction of sp³-hybridized carbons (Fsp3) is 0.857. The predicted octanol–water partition coefficient (Wildman–Crippen LogP) is 1.12. The summed E-state index contributed by atoms with van der Waals surface area (Å²) >= 11 is 0. The van der Waals surface area contributed by atoms with E-state index in [1.807, 2.05) is 0 Å². The Morgan fingerprint density at radius 2 is 1.80 bits per heavy atom. The van der Waals surface area contributed by atoms with Crippen molar-refractivity contribution in [1.29, 1.82) is 0 Å². The monoisotopic (exact) mass is 283 g/mol. The van der Waals surface area contributed by atoms with Crippen molar-refractivity contribution in [1.82, 2.24) is 15.1 Å². The van der Waals surface area contributed by atoms with E-state index in [1.165, 1.54) is 25.7 Å². The Bertz CT molecular complexity index is 348. The molecule has 2 fully saturated rings. The molecular weight excluding hydrogens is 258 g/mol. The number of nitrogens with one attached hydrogen (secondary N) is 1. The highest BCUT2D eigenvalue weighted by molar-refractivity contribution is 5.82. The van der Waals surface area contributed by atoms with Gasteiger partial charge >= 0.3 is 12.0 Å². The second-order valence-electron chi connectivity index (χ2n) is 5.71. The van der Waals surface area contributed by atoms with Crippen molar-refractivity contribution in [3.8, 4) is 0 Å². The lowest BCUT2D eigenvalue weighted by atomic mass is 10.2. The molecule has 2 rings (SSSR count). The van der Waals surface area contributed by atoms with Crippen LogP contribution in [0, 0.1) is 0 Å². The highest BCUT2D eigenvalue weighted by atomic mass is 16.4. The van der Waals surface area contributed by atoms with Gasteiger partial charge < -0.3 is 15.3 Å². The number of rotatable bonds is 4. The Kier molecular flexibility index (Phi) is 5.23. The molecule has 1 atom stereocenters. The van der Waals surface area contributed by atoms with Gasteiger partial charge in [0.05, 0.1) is 0 Å². The van der Waals surface area contributed by atoms with E-state index in [4.69, 9.17) is 5.11 Å². The van der Waals surface area contributed by atoms with Gasteiger partial charge in [-0.2, -0.15) is 0 Å². The minimum atomic E-state index is -0.967. The third kappa shape index (κ3) is 3.62. The summed E-state index contributed by atoms with van der Waals surface area (Å²) in [5.74, 6) is -0.967. The SMILES string of the molecule is CC[C@H](NC(=O)N1CCN(C2CCCC2)CC1)C(=O)O. The van der Waals surface area contributed by atoms with Gasteiger partial charge in [0.2, 0.25) is 0 Å². The summed E-state index contributed by atoms with van der Waals surface area (Å²) in [6, 6.07) is -0.330. The van der Waals surface area contributed by atoms with E-state index in [0.717, 1.165) is 13.1 Å². The van der Waals surface area contributed by atoms with E-state index in [-0.39, 0.29) is 6.03 Å². The van der Waals surface area contributed by atoms with Crippen molar-refractivity contribution in [2.45, 2.75) is 51.1 Å². The van der Waals surface area contributed by atoms with Crippen molar-refractivity contribution < 1.29 is 14.7 Å². The normalized spacial score (nSPS) is 22.8. The summed E-state index contributed by atoms with van der Waals surface area (Å²) in [5.41, 5.74) is 0. The van der Waals surface area contributed by atoms with Crippen molar-refractivity contribution in [2.24, 2.45) is 0 Å². The molecule has 0 aromatic heterocycles. The molecule has 0 bridgehead atoms. The van der Waals surface area contributed by atoms with Crippen LogP contribution in [0.3, 0.4) is 0 Å². The first-order chi connectivity index (χ1) is 9.61. The van der Waals surface area contributed by atoms with Crippen LogP contribution in [-0.2, 0) is 4.79 Å². The lowest BCUT2D eigenvalue weighted by Gasteiger charge is -2.38. The first-order valence-corrected chi connectivity index (χ1v) is 7.64. The van der Waals surface area contributed by atoms with Gasteiger partial charge in [-0.05, 0) is 19.3 Å². The number of amides is 2. The zero-order chi connectivity index (χ0) is 14.5. The maximum atomic E-state index is 12.0. The second kappa shape index (κ2) is 6.92. The number of hydrogen-bond donors (Lipinski definition) is 2. The van der Waals surface area contributed by atoms with Gasteiger partial charge in [-0.1, -0.05) is 19.8 Å². The van der Waals surface area contributed by atoms with Gasteiger partial charge in [-0.3, -0.25) is 4.90 Å². The highest BCUT2D eigenvalue weighted by Crippen LogP contribution is 2.24. The van der Waals surface area contributed by atoms with Crippen LogP contribution in [-0.4, -0.2) is 65.2 Å². The van der Waals surface area contributed by atoms with E-state index in [2.05, 4.69) is 10.2 Å². The molecule has 2 aliphatic rings. The molecule has 1 saturated heterocycles. The minimum absolute atomic E-state index is 0.245. The van der Waals surface area contributed by atoms with E-state index in [1.54, 1.807) is 11.8 Å². The fourth-order valence-electron chi connectivity index (χ4n) is 3.14. The summed E-state index contributed by atoms with van der Waals surface area (Å²) in [7, 11) is 0. The number of carbonyl (C=O) groups is 2. The van der Waals surface area contributed by atoms with E-state index in [0.29, 0.717) is 25.6 Å². The number of hydrogen-bond acceptors (Lipinski definition) is 3. The third-order valence-corrected chi connectivity index (χ3v) is 4.45. The number of carboxylic acids is 1. The molecule has 0 unspecified atom stereocenters. The predicted molar refractivity (Wildman–Crippen MR) is 75.6 cm³/mol. The molecule has 0 radical (unpaired) electrons. The summed E-state index contributed by atoms with van der Waals surface area (Å²) < 4.78 is 0. The summed E-state index contributed by atoms with van der Waals surface area (Å²) in [5, 5.41) is 11.6. The van der Waals surface area contributed by atoms with Crippen LogP contribution in [0.25, 0.3) is 0 Å². The van der Waals surface area contributed by atoms with E-state index in [9.17, 15) is 9.59 Å². The summed E-state index contributed by atoms with van der Waals surface area (Å²) in [6.07, 6.45) is 5.61. The lowest BCUT2D eigenvalue weighted by molar-refractivity contribution is -0.139. The largest absolute Gasteiger partial charge is 0.480 e. The average molecular weight is 283 g/mol. The molecule has 1 aliphatic heterocycles. The molecule has 6 heteroatoms. The first-order valence-electron chi connectivity index (χ1n) is 7.64. The number of piperazine rings is 1. The topological polar surface area (TPSA) is 72.9 Å². The Balaban J connectivity index is 1.77. The van der Waals surface area contributed by atoms with E-state index < -0.39 is 12.0 Å². The maximum absolute atomic E-state index is 12.0. The van der Waals surface area contributed by atoms with Crippen molar-refractivity contribution in [3.05, 3.63) is 0 Å². The molecule has 1 aliphatic carbocycles. The van der Waals surface area contributed by atoms with Gasteiger partial charge in [-0.25, -0.2) is 9.59 Å². The van der Waals surface area contributed by atoms with E-state index >= 15 is 0 Å². The van der Waals surface area contributed by atoms with Gasteiger partial charge in [-0.15, -0.1) is 0 Å². The first kappa shape index (κ1) is 15.1. The van der Waals surface area contributed by atoms with Crippen molar-refractivity contribution >= 4 is 12.0 Å². The number of aliphatic carboxylic acids is 1. The Morgan fingerprint density at radius 3 is 2.30 bits per heavy atom. The van der Waals surface area contributed by atoms with Gasteiger partial charge in [0.25, 0.3) is 0 Å². The Labute approximate surface area is 120 Å². The standard InChI is InChI=1S/C14H25N3O3/c1-2-12(13(18)19)15-14(20)17-9-7-16(8-10-17)11-5-3-4-6-11/h11-12H,2-10H2,1H3,(H,15,20)(H,18,19)/t12-/m0/s1. The van der Waals surface area contributed by atoms with Crippen LogP contribution in [0.2, 0.25) is 0 Å². The molecule has 1 heterocycles. The van der Waals surface area contributed by atoms with Gasteiger partial charge in [0.15, 0.2) is 0 Å². The van der Waals surface area contributed by atoms with Crippen LogP contribution >= 0.6 is 0 Å². The molecule has 6 nitrogen and oxygen atoms in total. The molecule has 2 amide bonds. The molecule has 1 saturated carbocycles. The van der Waals surface area contributed by atoms with Crippen LogP contribution in [0.15, 0.2) is 0 Å². The molecule has 0 aromatic carbocycles. The molecule has 2 N–H and O–H groups in total. The molecular formula is C14H25N3O3. The van der Waals surface area contributed by atoms with Crippen LogP contribution in [0.1, 0.15) is 39.0 Å². The second-order valence-corrected chi connectivity index (χ2v) is 5.71. The average Bonchev–Trinajstić information content (AvgIpc) is 2.98. The number of urea groups is 1. The zero-order valence-electron chi connectivity index (χ0n) is 12.2. The van der Waals surface area contributed by atoms with Crippen molar-refractivity contribution in [2.75, 3.05) is 26.2 Å². The van der Waals surface area contributed by atoms with Crippen LogP contribution < -0.4 is 5.32 Å². The minimum Gasteiger partial charge on any atom is -0.480 e. The number of carbonyl (C=O) groups excluding carboxylic acids is 1. The summed E-state index contributed by atoms with van der Waals surface area (Å²) in [6.45, 7) is 4.96. The fourth-order valence-corrected chi connectivity index (χ4v) is 3.14. The molecule has 20 heavy (non-hydrogen) atoms. The summed E-state index contributed by atoms with van der Waals surface area (Å²) in [4.78, 5) is 27.2. The lowest BCUT2D eigenvalue weighted by Crippen LogP contribution is -2.55. The molecule has 0 spiro atoms.